The van der Waals surface area contributed by atoms with Crippen molar-refractivity contribution < 1.29 is 9.53 Å². The van der Waals surface area contributed by atoms with Crippen LogP contribution in [0.3, 0.4) is 0 Å². The lowest BCUT2D eigenvalue weighted by atomic mass is 10.2. The fourth-order valence-corrected chi connectivity index (χ4v) is 3.89. The molecule has 0 atom stereocenters. The molecule has 7 heteroatoms. The minimum atomic E-state index is -0.337. The Morgan fingerprint density at radius 2 is 1.62 bits per heavy atom. The first-order chi connectivity index (χ1) is 16.7. The van der Waals surface area contributed by atoms with E-state index in [0.29, 0.717) is 34.5 Å². The van der Waals surface area contributed by atoms with Gasteiger partial charge in [0.2, 0.25) is 0 Å². The van der Waals surface area contributed by atoms with Crippen LogP contribution in [0.15, 0.2) is 78.9 Å². The Hall–Kier alpha value is -4.39. The summed E-state index contributed by atoms with van der Waals surface area (Å²) in [6.07, 6.45) is 2.07. The number of aromatic nitrogens is 3. The SMILES string of the molecule is CCCCOc1ccc(-n2c(N)c(C(=O)Nc3ccccc3)c3nc4ccccc4nc32)cc1. The maximum atomic E-state index is 13.3. The molecule has 0 spiro atoms. The number of rotatable bonds is 7. The lowest BCUT2D eigenvalue weighted by Crippen LogP contribution is -2.14. The van der Waals surface area contributed by atoms with Crippen LogP contribution < -0.4 is 15.8 Å². The number of nitrogens with zero attached hydrogens (tertiary/aromatic N) is 3. The molecule has 34 heavy (non-hydrogen) atoms. The maximum Gasteiger partial charge on any atom is 0.261 e. The summed E-state index contributed by atoms with van der Waals surface area (Å²) in [5.41, 5.74) is 10.7. The number of hydrogen-bond acceptors (Lipinski definition) is 5. The molecule has 0 fully saturated rings. The van der Waals surface area contributed by atoms with Gasteiger partial charge in [-0.25, -0.2) is 9.97 Å². The highest BCUT2D eigenvalue weighted by Gasteiger charge is 2.25. The number of unbranched alkanes of at least 4 members (excludes halogenated alkanes) is 1. The fourth-order valence-electron chi connectivity index (χ4n) is 3.89. The molecule has 0 bridgehead atoms. The van der Waals surface area contributed by atoms with Crippen molar-refractivity contribution in [3.8, 4) is 11.4 Å². The lowest BCUT2D eigenvalue weighted by molar-refractivity contribution is 0.102. The van der Waals surface area contributed by atoms with Crippen molar-refractivity contribution in [1.82, 2.24) is 14.5 Å². The zero-order valence-corrected chi connectivity index (χ0v) is 18.9. The van der Waals surface area contributed by atoms with Gasteiger partial charge in [0.05, 0.1) is 17.6 Å². The molecule has 1 amide bonds. The quantitative estimate of drug-likeness (QED) is 0.315. The summed E-state index contributed by atoms with van der Waals surface area (Å²) in [6.45, 7) is 2.80. The number of amides is 1. The number of nitrogens with one attached hydrogen (secondary N) is 1. The number of ether oxygens (including phenoxy) is 1. The Balaban J connectivity index is 1.63. The molecule has 3 N–H and O–H groups in total. The Kier molecular flexibility index (Phi) is 5.82. The van der Waals surface area contributed by atoms with Crippen LogP contribution in [0.5, 0.6) is 5.75 Å². The van der Waals surface area contributed by atoms with E-state index in [1.54, 1.807) is 4.57 Å². The highest BCUT2D eigenvalue weighted by molar-refractivity contribution is 6.16. The van der Waals surface area contributed by atoms with E-state index in [-0.39, 0.29) is 11.7 Å². The van der Waals surface area contributed by atoms with Gasteiger partial charge in [-0.05, 0) is 55.0 Å². The van der Waals surface area contributed by atoms with Crippen LogP contribution in [0, 0.1) is 0 Å². The number of para-hydroxylation sites is 3. The van der Waals surface area contributed by atoms with Crippen LogP contribution in [0.2, 0.25) is 0 Å². The summed E-state index contributed by atoms with van der Waals surface area (Å²) in [7, 11) is 0. The van der Waals surface area contributed by atoms with Crippen molar-refractivity contribution in [2.75, 3.05) is 17.7 Å². The molecular weight excluding hydrogens is 426 g/mol. The Bertz CT molecular complexity index is 1460. The standard InChI is InChI=1S/C27H25N5O2/c1-2-3-17-34-20-15-13-19(14-16-20)32-25(28)23(27(33)29-18-9-5-4-6-10-18)24-26(32)31-22-12-8-7-11-21(22)30-24/h4-16H,2-3,17,28H2,1H3,(H,29,33). The first-order valence-electron chi connectivity index (χ1n) is 11.3. The molecule has 0 aliphatic rings. The molecule has 2 aromatic heterocycles. The predicted molar refractivity (Wildman–Crippen MR) is 136 cm³/mol. The van der Waals surface area contributed by atoms with Gasteiger partial charge >= 0.3 is 0 Å². The second-order valence-electron chi connectivity index (χ2n) is 8.00. The van der Waals surface area contributed by atoms with Crippen LogP contribution in [-0.4, -0.2) is 27.0 Å². The van der Waals surface area contributed by atoms with Gasteiger partial charge in [0, 0.05) is 11.4 Å². The number of hydrogen-bond donors (Lipinski definition) is 2. The van der Waals surface area contributed by atoms with Gasteiger partial charge in [-0.15, -0.1) is 0 Å². The summed E-state index contributed by atoms with van der Waals surface area (Å²) in [5, 5.41) is 2.92. The number of nitrogens with two attached hydrogens (primary N) is 1. The fraction of sp³-hybridized carbons (Fsp3) is 0.148. The lowest BCUT2D eigenvalue weighted by Gasteiger charge is -2.10. The van der Waals surface area contributed by atoms with Crippen molar-refractivity contribution in [1.29, 1.82) is 0 Å². The summed E-state index contributed by atoms with van der Waals surface area (Å²) in [6, 6.07) is 24.4. The number of carbonyl (C=O) groups is 1. The predicted octanol–water partition coefficient (Wildman–Crippen LogP) is 5.59. The van der Waals surface area contributed by atoms with Gasteiger partial charge in [0.25, 0.3) is 5.91 Å². The number of fused-ring (bicyclic) bond motifs is 2. The van der Waals surface area contributed by atoms with E-state index in [4.69, 9.17) is 20.4 Å². The topological polar surface area (TPSA) is 95.1 Å². The Morgan fingerprint density at radius 1 is 0.941 bits per heavy atom. The molecule has 0 aliphatic heterocycles. The van der Waals surface area contributed by atoms with Gasteiger partial charge in [-0.2, -0.15) is 0 Å². The third-order valence-electron chi connectivity index (χ3n) is 5.62. The van der Waals surface area contributed by atoms with Crippen molar-refractivity contribution in [2.45, 2.75) is 19.8 Å². The highest BCUT2D eigenvalue weighted by atomic mass is 16.5. The molecule has 0 saturated heterocycles. The van der Waals surface area contributed by atoms with E-state index in [2.05, 4.69) is 12.2 Å². The monoisotopic (exact) mass is 451 g/mol. The molecule has 5 rings (SSSR count). The number of carbonyl (C=O) groups excluding carboxylic acids is 1. The van der Waals surface area contributed by atoms with Crippen molar-refractivity contribution in [2.24, 2.45) is 0 Å². The second-order valence-corrected chi connectivity index (χ2v) is 8.00. The minimum Gasteiger partial charge on any atom is -0.494 e. The molecule has 3 aromatic carbocycles. The first-order valence-corrected chi connectivity index (χ1v) is 11.3. The maximum absolute atomic E-state index is 13.3. The summed E-state index contributed by atoms with van der Waals surface area (Å²) < 4.78 is 7.56. The molecule has 0 aliphatic carbocycles. The molecule has 0 radical (unpaired) electrons. The molecule has 5 aromatic rings. The van der Waals surface area contributed by atoms with Crippen LogP contribution in [0.25, 0.3) is 27.9 Å². The van der Waals surface area contributed by atoms with Crippen molar-refractivity contribution >= 4 is 39.6 Å². The zero-order valence-electron chi connectivity index (χ0n) is 18.9. The van der Waals surface area contributed by atoms with E-state index in [1.165, 1.54) is 0 Å². The number of benzene rings is 3. The third kappa shape index (κ3) is 4.03. The minimum absolute atomic E-state index is 0.276. The first kappa shape index (κ1) is 21.5. The van der Waals surface area contributed by atoms with E-state index < -0.39 is 0 Å². The Morgan fingerprint density at radius 3 is 2.32 bits per heavy atom. The van der Waals surface area contributed by atoms with Crippen LogP contribution in [0.4, 0.5) is 11.5 Å². The van der Waals surface area contributed by atoms with Gasteiger partial charge in [-0.3, -0.25) is 9.36 Å². The van der Waals surface area contributed by atoms with Crippen LogP contribution in [-0.2, 0) is 0 Å². The summed E-state index contributed by atoms with van der Waals surface area (Å²) in [4.78, 5) is 22.9. The normalized spacial score (nSPS) is 11.1. The van der Waals surface area contributed by atoms with Crippen molar-refractivity contribution in [3.05, 3.63) is 84.4 Å². The third-order valence-corrected chi connectivity index (χ3v) is 5.62. The second kappa shape index (κ2) is 9.23. The van der Waals surface area contributed by atoms with Gasteiger partial charge < -0.3 is 15.8 Å². The van der Waals surface area contributed by atoms with E-state index in [1.807, 2.05) is 78.9 Å². The van der Waals surface area contributed by atoms with Gasteiger partial charge in [0.15, 0.2) is 5.65 Å². The van der Waals surface area contributed by atoms with E-state index in [0.717, 1.165) is 29.8 Å². The smallest absolute Gasteiger partial charge is 0.261 e. The van der Waals surface area contributed by atoms with Gasteiger partial charge in [-0.1, -0.05) is 43.7 Å². The average Bonchev–Trinajstić information content (AvgIpc) is 3.14. The zero-order chi connectivity index (χ0) is 23.5. The van der Waals surface area contributed by atoms with E-state index >= 15 is 0 Å². The number of nitrogen functional groups attached to an aromatic ring is 1. The molecule has 0 saturated carbocycles. The van der Waals surface area contributed by atoms with Crippen LogP contribution >= 0.6 is 0 Å². The molecule has 0 unspecified atom stereocenters. The Labute approximate surface area is 197 Å². The molecular formula is C27H25N5O2. The molecule has 2 heterocycles. The molecule has 170 valence electrons. The van der Waals surface area contributed by atoms with Crippen LogP contribution in [0.1, 0.15) is 30.1 Å². The summed E-state index contributed by atoms with van der Waals surface area (Å²) >= 11 is 0. The largest absolute Gasteiger partial charge is 0.494 e. The van der Waals surface area contributed by atoms with Gasteiger partial charge in [0.1, 0.15) is 22.6 Å². The average molecular weight is 452 g/mol. The van der Waals surface area contributed by atoms with E-state index in [9.17, 15) is 4.79 Å². The number of anilines is 2. The van der Waals surface area contributed by atoms with Crippen molar-refractivity contribution in [3.63, 3.8) is 0 Å². The highest BCUT2D eigenvalue weighted by Crippen LogP contribution is 2.32. The summed E-state index contributed by atoms with van der Waals surface area (Å²) in [5.74, 6) is 0.723. The molecule has 7 nitrogen and oxygen atoms in total.